The van der Waals surface area contributed by atoms with Crippen LogP contribution in [0.3, 0.4) is 0 Å². The number of carbonyl (C=O) groups excluding carboxylic acids is 1. The first-order chi connectivity index (χ1) is 13.2. The Hall–Kier alpha value is -2.84. The van der Waals surface area contributed by atoms with Crippen LogP contribution in [0.4, 0.5) is 18.9 Å². The van der Waals surface area contributed by atoms with Gasteiger partial charge < -0.3 is 19.8 Å². The average Bonchev–Trinajstić information content (AvgIpc) is 2.96. The molecule has 0 radical (unpaired) electrons. The summed E-state index contributed by atoms with van der Waals surface area (Å²) in [6.45, 7) is 2.82. The molecule has 1 saturated heterocycles. The summed E-state index contributed by atoms with van der Waals surface area (Å²) in [5, 5.41) is 20.9. The van der Waals surface area contributed by atoms with Crippen molar-refractivity contribution in [3.05, 3.63) is 35.9 Å². The summed E-state index contributed by atoms with van der Waals surface area (Å²) in [7, 11) is 0. The number of anilines is 1. The van der Waals surface area contributed by atoms with E-state index >= 15 is 0 Å². The van der Waals surface area contributed by atoms with Crippen molar-refractivity contribution in [1.29, 1.82) is 0 Å². The van der Waals surface area contributed by atoms with E-state index < -0.39 is 17.6 Å². The Morgan fingerprint density at radius 2 is 2.04 bits per heavy atom. The lowest BCUT2D eigenvalue weighted by Gasteiger charge is -2.32. The fraction of sp³-hybridized carbons (Fsp3) is 0.421. The van der Waals surface area contributed by atoms with Crippen LogP contribution in [-0.2, 0) is 15.7 Å². The molecule has 0 amide bonds. The molecule has 1 fully saturated rings. The Bertz CT molecular complexity index is 863. The van der Waals surface area contributed by atoms with Crippen molar-refractivity contribution >= 4 is 11.7 Å². The normalized spacial score (nSPS) is 17.6. The number of alkyl halides is 3. The highest BCUT2D eigenvalue weighted by atomic mass is 19.4. The quantitative estimate of drug-likeness (QED) is 0.769. The van der Waals surface area contributed by atoms with Gasteiger partial charge in [0.15, 0.2) is 0 Å². The van der Waals surface area contributed by atoms with Crippen LogP contribution in [0.25, 0.3) is 5.69 Å². The van der Waals surface area contributed by atoms with Crippen LogP contribution in [0, 0.1) is 5.92 Å². The fourth-order valence-electron chi connectivity index (χ4n) is 3.43. The number of benzene rings is 1. The average molecular weight is 398 g/mol. The van der Waals surface area contributed by atoms with Gasteiger partial charge in [-0.2, -0.15) is 13.2 Å². The molecule has 1 atom stereocenters. The molecule has 2 heterocycles. The van der Waals surface area contributed by atoms with Crippen LogP contribution in [0.5, 0.6) is 11.8 Å². The first-order valence-corrected chi connectivity index (χ1v) is 8.95. The van der Waals surface area contributed by atoms with Gasteiger partial charge in [0, 0.05) is 19.2 Å². The standard InChI is InChI=1S/C19H21F3N2O4/c1-2-28-18(27)12-5-4-8-23(11-12)15-10-16(25)24(17(15)26)14-7-3-6-13(9-14)19(20,21)22/h3,6-7,9-10,12,25-26H,2,4-5,8,11H2,1H3. The van der Waals surface area contributed by atoms with E-state index in [0.29, 0.717) is 25.9 Å². The molecule has 1 unspecified atom stereocenters. The maximum atomic E-state index is 13.0. The maximum Gasteiger partial charge on any atom is 0.416 e. The number of rotatable bonds is 4. The summed E-state index contributed by atoms with van der Waals surface area (Å²) in [6, 6.07) is 5.60. The maximum absolute atomic E-state index is 13.0. The Labute approximate surface area is 159 Å². The van der Waals surface area contributed by atoms with Gasteiger partial charge in [-0.15, -0.1) is 0 Å². The number of aromatic hydroxyl groups is 2. The molecule has 1 aliphatic heterocycles. The highest BCUT2D eigenvalue weighted by Crippen LogP contribution is 2.40. The Kier molecular flexibility index (Phi) is 5.44. The molecule has 0 spiro atoms. The highest BCUT2D eigenvalue weighted by molar-refractivity contribution is 5.74. The molecule has 0 aliphatic carbocycles. The summed E-state index contributed by atoms with van der Waals surface area (Å²) >= 11 is 0. The van der Waals surface area contributed by atoms with Crippen LogP contribution in [0.1, 0.15) is 25.3 Å². The van der Waals surface area contributed by atoms with E-state index in [2.05, 4.69) is 0 Å². The lowest BCUT2D eigenvalue weighted by Crippen LogP contribution is -2.39. The molecule has 3 rings (SSSR count). The van der Waals surface area contributed by atoms with Crippen molar-refractivity contribution in [2.45, 2.75) is 25.9 Å². The Morgan fingerprint density at radius 1 is 1.29 bits per heavy atom. The van der Waals surface area contributed by atoms with Gasteiger partial charge in [-0.05, 0) is 38.0 Å². The third kappa shape index (κ3) is 3.88. The van der Waals surface area contributed by atoms with E-state index in [1.165, 1.54) is 18.2 Å². The Balaban J connectivity index is 1.91. The number of nitrogens with zero attached hydrogens (tertiary/aromatic N) is 2. The second-order valence-electron chi connectivity index (χ2n) is 6.63. The molecule has 1 aliphatic rings. The van der Waals surface area contributed by atoms with Crippen LogP contribution < -0.4 is 4.90 Å². The summed E-state index contributed by atoms with van der Waals surface area (Å²) in [5.74, 6) is -1.48. The second kappa shape index (κ2) is 7.65. The summed E-state index contributed by atoms with van der Waals surface area (Å²) in [4.78, 5) is 13.7. The minimum absolute atomic E-state index is 0.0185. The number of carbonyl (C=O) groups is 1. The molecule has 1 aromatic carbocycles. The number of piperidine rings is 1. The van der Waals surface area contributed by atoms with Crippen molar-refractivity contribution in [2.24, 2.45) is 5.92 Å². The molecule has 9 heteroatoms. The van der Waals surface area contributed by atoms with Crippen molar-refractivity contribution in [1.82, 2.24) is 4.57 Å². The molecule has 0 saturated carbocycles. The van der Waals surface area contributed by atoms with Gasteiger partial charge in [0.1, 0.15) is 5.69 Å². The number of halogens is 3. The molecular weight excluding hydrogens is 377 g/mol. The van der Waals surface area contributed by atoms with Crippen LogP contribution in [-0.4, -0.2) is 40.4 Å². The molecule has 2 N–H and O–H groups in total. The molecule has 0 bridgehead atoms. The minimum atomic E-state index is -4.54. The predicted octanol–water partition coefficient (Wildman–Crippen LogP) is 3.69. The van der Waals surface area contributed by atoms with Crippen LogP contribution in [0.15, 0.2) is 30.3 Å². The van der Waals surface area contributed by atoms with Crippen molar-refractivity contribution in [3.8, 4) is 17.4 Å². The van der Waals surface area contributed by atoms with E-state index in [4.69, 9.17) is 4.74 Å². The smallest absolute Gasteiger partial charge is 0.416 e. The number of ether oxygens (including phenoxy) is 1. The molecule has 152 valence electrons. The van der Waals surface area contributed by atoms with Crippen molar-refractivity contribution < 1.29 is 32.9 Å². The summed E-state index contributed by atoms with van der Waals surface area (Å²) < 4.78 is 44.9. The lowest BCUT2D eigenvalue weighted by molar-refractivity contribution is -0.148. The summed E-state index contributed by atoms with van der Waals surface area (Å²) in [5.41, 5.74) is -0.654. The predicted molar refractivity (Wildman–Crippen MR) is 95.7 cm³/mol. The second-order valence-corrected chi connectivity index (χ2v) is 6.63. The zero-order valence-corrected chi connectivity index (χ0v) is 15.2. The minimum Gasteiger partial charge on any atom is -0.494 e. The van der Waals surface area contributed by atoms with E-state index in [-0.39, 0.29) is 35.7 Å². The van der Waals surface area contributed by atoms with E-state index in [1.807, 2.05) is 0 Å². The van der Waals surface area contributed by atoms with E-state index in [9.17, 15) is 28.2 Å². The van der Waals surface area contributed by atoms with Gasteiger partial charge in [0.25, 0.3) is 0 Å². The number of hydrogen-bond donors (Lipinski definition) is 2. The van der Waals surface area contributed by atoms with Crippen LogP contribution >= 0.6 is 0 Å². The van der Waals surface area contributed by atoms with Crippen molar-refractivity contribution in [3.63, 3.8) is 0 Å². The lowest BCUT2D eigenvalue weighted by atomic mass is 9.98. The topological polar surface area (TPSA) is 74.9 Å². The van der Waals surface area contributed by atoms with Gasteiger partial charge in [-0.3, -0.25) is 4.79 Å². The fourth-order valence-corrected chi connectivity index (χ4v) is 3.43. The highest BCUT2D eigenvalue weighted by Gasteiger charge is 2.32. The van der Waals surface area contributed by atoms with Gasteiger partial charge in [0.2, 0.25) is 11.8 Å². The molecule has 1 aromatic heterocycles. The molecule has 2 aromatic rings. The van der Waals surface area contributed by atoms with E-state index in [0.717, 1.165) is 16.7 Å². The zero-order chi connectivity index (χ0) is 20.5. The summed E-state index contributed by atoms with van der Waals surface area (Å²) in [6.07, 6.45) is -3.22. The van der Waals surface area contributed by atoms with Gasteiger partial charge in [-0.1, -0.05) is 6.07 Å². The van der Waals surface area contributed by atoms with Gasteiger partial charge in [0.05, 0.1) is 23.8 Å². The number of esters is 1. The monoisotopic (exact) mass is 398 g/mol. The van der Waals surface area contributed by atoms with E-state index in [1.54, 1.807) is 11.8 Å². The number of aromatic nitrogens is 1. The Morgan fingerprint density at radius 3 is 2.71 bits per heavy atom. The zero-order valence-electron chi connectivity index (χ0n) is 15.2. The SMILES string of the molecule is CCOC(=O)C1CCCN(c2cc(O)n(-c3cccc(C(F)(F)F)c3)c2O)C1. The van der Waals surface area contributed by atoms with Crippen LogP contribution in [0.2, 0.25) is 0 Å². The number of hydrogen-bond acceptors (Lipinski definition) is 5. The first-order valence-electron chi connectivity index (χ1n) is 8.95. The largest absolute Gasteiger partial charge is 0.494 e. The van der Waals surface area contributed by atoms with Gasteiger partial charge in [-0.25, -0.2) is 4.57 Å². The third-order valence-corrected chi connectivity index (χ3v) is 4.75. The first kappa shape index (κ1) is 19.9. The molecular formula is C19H21F3N2O4. The van der Waals surface area contributed by atoms with Crippen molar-refractivity contribution in [2.75, 3.05) is 24.6 Å². The molecule has 28 heavy (non-hydrogen) atoms. The van der Waals surface area contributed by atoms with Gasteiger partial charge >= 0.3 is 12.1 Å². The molecule has 6 nitrogen and oxygen atoms in total. The third-order valence-electron chi connectivity index (χ3n) is 4.75.